The van der Waals surface area contributed by atoms with Crippen molar-refractivity contribution in [3.05, 3.63) is 58.9 Å². The second kappa shape index (κ2) is 7.09. The second-order valence-electron chi connectivity index (χ2n) is 4.75. The van der Waals surface area contributed by atoms with E-state index in [1.54, 1.807) is 24.1 Å². The molecule has 0 saturated carbocycles. The number of ether oxygens (including phenoxy) is 1. The Morgan fingerprint density at radius 2 is 2.00 bits per heavy atom. The number of rotatable bonds is 5. The summed E-state index contributed by atoms with van der Waals surface area (Å²) >= 11 is 5.86. The lowest BCUT2D eigenvalue weighted by atomic mass is 10.2. The maximum absolute atomic E-state index is 12.1. The summed E-state index contributed by atoms with van der Waals surface area (Å²) in [6.45, 7) is 2.92. The van der Waals surface area contributed by atoms with Gasteiger partial charge in [-0.2, -0.15) is 0 Å². The Bertz CT molecular complexity index is 614. The van der Waals surface area contributed by atoms with E-state index in [-0.39, 0.29) is 5.91 Å². The molecule has 0 radical (unpaired) electrons. The maximum Gasteiger partial charge on any atom is 0.272 e. The highest BCUT2D eigenvalue weighted by Crippen LogP contribution is 2.12. The number of aromatic nitrogens is 1. The van der Waals surface area contributed by atoms with Crippen LogP contribution < -0.4 is 4.74 Å². The summed E-state index contributed by atoms with van der Waals surface area (Å²) in [6.07, 6.45) is 1.52. The Balaban J connectivity index is 1.85. The molecule has 1 aromatic carbocycles. The fourth-order valence-electron chi connectivity index (χ4n) is 1.75. The largest absolute Gasteiger partial charge is 0.492 e. The molecule has 0 N–H and O–H groups in total. The maximum atomic E-state index is 12.1. The number of carbonyl (C=O) groups excluding carboxylic acids is 1. The van der Waals surface area contributed by atoms with Crippen LogP contribution in [0.2, 0.25) is 5.02 Å². The molecule has 0 bridgehead atoms. The van der Waals surface area contributed by atoms with Crippen molar-refractivity contribution in [1.29, 1.82) is 0 Å². The van der Waals surface area contributed by atoms with Gasteiger partial charge in [-0.3, -0.25) is 9.78 Å². The molecule has 2 rings (SSSR count). The molecule has 110 valence electrons. The molecule has 1 aromatic heterocycles. The van der Waals surface area contributed by atoms with Gasteiger partial charge in [0.05, 0.1) is 6.54 Å². The van der Waals surface area contributed by atoms with Gasteiger partial charge < -0.3 is 9.64 Å². The van der Waals surface area contributed by atoms with E-state index in [1.165, 1.54) is 11.8 Å². The first kappa shape index (κ1) is 15.3. The lowest BCUT2D eigenvalue weighted by Gasteiger charge is -2.17. The zero-order chi connectivity index (χ0) is 15.2. The predicted molar refractivity (Wildman–Crippen MR) is 82.9 cm³/mol. The van der Waals surface area contributed by atoms with Gasteiger partial charge in [0.1, 0.15) is 18.1 Å². The molecular weight excluding hydrogens is 288 g/mol. The zero-order valence-corrected chi connectivity index (χ0v) is 12.8. The monoisotopic (exact) mass is 304 g/mol. The van der Waals surface area contributed by atoms with Crippen LogP contribution >= 0.6 is 11.6 Å². The van der Waals surface area contributed by atoms with Crippen molar-refractivity contribution in [2.75, 3.05) is 20.2 Å². The molecule has 0 saturated heterocycles. The highest BCUT2D eigenvalue weighted by atomic mass is 35.5. The molecule has 0 atom stereocenters. The van der Waals surface area contributed by atoms with Crippen LogP contribution in [0, 0.1) is 6.92 Å². The summed E-state index contributed by atoms with van der Waals surface area (Å²) in [6, 6.07) is 11.0. The molecule has 0 aliphatic rings. The van der Waals surface area contributed by atoms with Crippen molar-refractivity contribution < 1.29 is 9.53 Å². The second-order valence-corrected chi connectivity index (χ2v) is 5.18. The molecule has 0 spiro atoms. The third-order valence-corrected chi connectivity index (χ3v) is 3.24. The molecule has 2 aromatic rings. The van der Waals surface area contributed by atoms with Gasteiger partial charge >= 0.3 is 0 Å². The van der Waals surface area contributed by atoms with Crippen LogP contribution in [-0.4, -0.2) is 36.0 Å². The summed E-state index contributed by atoms with van der Waals surface area (Å²) in [5.41, 5.74) is 1.52. The van der Waals surface area contributed by atoms with Gasteiger partial charge in [-0.15, -0.1) is 0 Å². The summed E-state index contributed by atoms with van der Waals surface area (Å²) in [5, 5.41) is 0.498. The number of hydrogen-bond donors (Lipinski definition) is 0. The summed E-state index contributed by atoms with van der Waals surface area (Å²) < 4.78 is 5.60. The Morgan fingerprint density at radius 3 is 2.67 bits per heavy atom. The fraction of sp³-hybridized carbons (Fsp3) is 0.250. The topological polar surface area (TPSA) is 42.4 Å². The van der Waals surface area contributed by atoms with Gasteiger partial charge in [0.15, 0.2) is 0 Å². The van der Waals surface area contributed by atoms with Crippen LogP contribution in [0.5, 0.6) is 5.75 Å². The van der Waals surface area contributed by atoms with Crippen molar-refractivity contribution in [1.82, 2.24) is 9.88 Å². The minimum atomic E-state index is -0.176. The van der Waals surface area contributed by atoms with Crippen LogP contribution in [0.4, 0.5) is 0 Å². The van der Waals surface area contributed by atoms with Crippen LogP contribution in [0.25, 0.3) is 0 Å². The minimum Gasteiger partial charge on any atom is -0.492 e. The number of benzene rings is 1. The van der Waals surface area contributed by atoms with Crippen molar-refractivity contribution in [2.24, 2.45) is 0 Å². The van der Waals surface area contributed by atoms with E-state index in [4.69, 9.17) is 16.3 Å². The lowest BCUT2D eigenvalue weighted by molar-refractivity contribution is 0.0768. The summed E-state index contributed by atoms with van der Waals surface area (Å²) in [5.74, 6) is 0.618. The highest BCUT2D eigenvalue weighted by molar-refractivity contribution is 6.30. The Hall–Kier alpha value is -2.07. The van der Waals surface area contributed by atoms with E-state index in [2.05, 4.69) is 4.98 Å². The van der Waals surface area contributed by atoms with Crippen molar-refractivity contribution in [3.8, 4) is 5.75 Å². The standard InChI is InChI=1S/C16H17ClN2O2/c1-12-3-5-14(6-4-12)21-10-9-19(2)16(20)15-11-13(17)7-8-18-15/h3-8,11H,9-10H2,1-2H3. The number of likely N-dealkylation sites (N-methyl/N-ethyl adjacent to an activating group) is 1. The van der Waals surface area contributed by atoms with Gasteiger partial charge in [-0.1, -0.05) is 29.3 Å². The van der Waals surface area contributed by atoms with E-state index < -0.39 is 0 Å². The molecule has 5 heteroatoms. The molecule has 1 heterocycles. The number of pyridine rings is 1. The highest BCUT2D eigenvalue weighted by Gasteiger charge is 2.13. The first-order valence-corrected chi connectivity index (χ1v) is 7.00. The molecule has 0 unspecified atom stereocenters. The molecule has 21 heavy (non-hydrogen) atoms. The SMILES string of the molecule is Cc1ccc(OCCN(C)C(=O)c2cc(Cl)ccn2)cc1. The molecular formula is C16H17ClN2O2. The number of aryl methyl sites for hydroxylation is 1. The van der Waals surface area contributed by atoms with E-state index in [1.807, 2.05) is 31.2 Å². The van der Waals surface area contributed by atoms with Crippen LogP contribution in [-0.2, 0) is 0 Å². The summed E-state index contributed by atoms with van der Waals surface area (Å²) in [4.78, 5) is 17.7. The van der Waals surface area contributed by atoms with Gasteiger partial charge in [0, 0.05) is 18.3 Å². The van der Waals surface area contributed by atoms with Crippen molar-refractivity contribution in [3.63, 3.8) is 0 Å². The first-order chi connectivity index (χ1) is 10.1. The molecule has 0 aliphatic carbocycles. The number of nitrogens with zero attached hydrogens (tertiary/aromatic N) is 2. The number of halogens is 1. The molecule has 4 nitrogen and oxygen atoms in total. The molecule has 0 aliphatic heterocycles. The first-order valence-electron chi connectivity index (χ1n) is 6.63. The van der Waals surface area contributed by atoms with Gasteiger partial charge in [0.2, 0.25) is 0 Å². The molecule has 1 amide bonds. The minimum absolute atomic E-state index is 0.176. The average Bonchev–Trinajstić information content (AvgIpc) is 2.48. The quantitative estimate of drug-likeness (QED) is 0.852. The van der Waals surface area contributed by atoms with E-state index in [0.29, 0.717) is 23.9 Å². The number of amides is 1. The van der Waals surface area contributed by atoms with Gasteiger partial charge in [0.25, 0.3) is 5.91 Å². The van der Waals surface area contributed by atoms with Crippen LogP contribution in [0.15, 0.2) is 42.6 Å². The Kier molecular flexibility index (Phi) is 5.17. The van der Waals surface area contributed by atoms with Crippen LogP contribution in [0.1, 0.15) is 16.1 Å². The van der Waals surface area contributed by atoms with E-state index >= 15 is 0 Å². The molecule has 0 fully saturated rings. The van der Waals surface area contributed by atoms with Crippen LogP contribution in [0.3, 0.4) is 0 Å². The normalized spacial score (nSPS) is 10.2. The van der Waals surface area contributed by atoms with Crippen molar-refractivity contribution >= 4 is 17.5 Å². The Morgan fingerprint density at radius 1 is 1.29 bits per heavy atom. The average molecular weight is 305 g/mol. The van der Waals surface area contributed by atoms with Gasteiger partial charge in [-0.25, -0.2) is 0 Å². The van der Waals surface area contributed by atoms with E-state index in [9.17, 15) is 4.79 Å². The number of carbonyl (C=O) groups is 1. The van der Waals surface area contributed by atoms with E-state index in [0.717, 1.165) is 5.75 Å². The Labute approximate surface area is 129 Å². The predicted octanol–water partition coefficient (Wildman–Crippen LogP) is 3.19. The lowest BCUT2D eigenvalue weighted by Crippen LogP contribution is -2.31. The third-order valence-electron chi connectivity index (χ3n) is 3.00. The van der Waals surface area contributed by atoms with Gasteiger partial charge in [-0.05, 0) is 31.2 Å². The summed E-state index contributed by atoms with van der Waals surface area (Å²) in [7, 11) is 1.71. The smallest absolute Gasteiger partial charge is 0.272 e. The third kappa shape index (κ3) is 4.46. The fourth-order valence-corrected chi connectivity index (χ4v) is 1.91. The number of hydrogen-bond acceptors (Lipinski definition) is 3. The zero-order valence-electron chi connectivity index (χ0n) is 12.0. The van der Waals surface area contributed by atoms with Crippen molar-refractivity contribution in [2.45, 2.75) is 6.92 Å².